The van der Waals surface area contributed by atoms with Crippen LogP contribution in [0.1, 0.15) is 85.2 Å². The minimum atomic E-state index is -1.50. The van der Waals surface area contributed by atoms with Gasteiger partial charge in [-0.25, -0.2) is 4.79 Å². The molecule has 3 heterocycles. The highest BCUT2D eigenvalue weighted by Gasteiger charge is 2.76. The molecule has 0 unspecified atom stereocenters. The lowest BCUT2D eigenvalue weighted by Gasteiger charge is -2.44. The Morgan fingerprint density at radius 3 is 2.31 bits per heavy atom. The summed E-state index contributed by atoms with van der Waals surface area (Å²) in [4.78, 5) is 52.8. The number of carbonyl (C=O) groups is 3. The van der Waals surface area contributed by atoms with Crippen LogP contribution >= 0.6 is 0 Å². The average molecular weight is 541 g/mol. The van der Waals surface area contributed by atoms with E-state index in [1.807, 2.05) is 34.6 Å². The Bertz CT molecular complexity index is 1450. The molecule has 0 N–H and O–H groups in total. The summed E-state index contributed by atoms with van der Waals surface area (Å²) >= 11 is 0. The lowest BCUT2D eigenvalue weighted by molar-refractivity contribution is -0.207. The molecular formula is C30H36O9. The Balaban J connectivity index is 1.67. The summed E-state index contributed by atoms with van der Waals surface area (Å²) in [6.07, 6.45) is -1.34. The number of hydrogen-bond donors (Lipinski definition) is 0. The van der Waals surface area contributed by atoms with Gasteiger partial charge in [-0.1, -0.05) is 27.7 Å². The standard InChI is InChI=1S/C30H36O9/c1-15(2)13-20(32)36-24-23(37-26(34)30-12-11-29(8,25(33)39-30)28(30,6)7)21-19(38-27(24,4)5)10-9-17-18(31)14-16(3)35-22(17)21/h9-10,14-15,23-24H,11-13H2,1-8H3/t23-,24-,29+,30-/m1/s1. The monoisotopic (exact) mass is 540 g/mol. The summed E-state index contributed by atoms with van der Waals surface area (Å²) in [7, 11) is 0. The summed E-state index contributed by atoms with van der Waals surface area (Å²) in [5.74, 6) is -0.906. The van der Waals surface area contributed by atoms with E-state index < -0.39 is 52.1 Å². The maximum Gasteiger partial charge on any atom is 0.351 e. The highest BCUT2D eigenvalue weighted by atomic mass is 16.6. The zero-order chi connectivity index (χ0) is 28.7. The summed E-state index contributed by atoms with van der Waals surface area (Å²) in [5.41, 5.74) is -4.09. The predicted octanol–water partition coefficient (Wildman–Crippen LogP) is 4.94. The van der Waals surface area contributed by atoms with Crippen molar-refractivity contribution in [3.63, 3.8) is 0 Å². The molecule has 2 bridgehead atoms. The van der Waals surface area contributed by atoms with Gasteiger partial charge in [-0.15, -0.1) is 0 Å². The van der Waals surface area contributed by atoms with Crippen LogP contribution in [0.15, 0.2) is 27.4 Å². The van der Waals surface area contributed by atoms with Crippen molar-refractivity contribution in [1.82, 2.24) is 0 Å². The van der Waals surface area contributed by atoms with Gasteiger partial charge >= 0.3 is 17.9 Å². The number of rotatable bonds is 5. The van der Waals surface area contributed by atoms with Crippen molar-refractivity contribution in [2.45, 2.75) is 98.1 Å². The van der Waals surface area contributed by atoms with Crippen LogP contribution in [0.25, 0.3) is 11.0 Å². The van der Waals surface area contributed by atoms with E-state index in [1.54, 1.807) is 32.9 Å². The van der Waals surface area contributed by atoms with E-state index in [9.17, 15) is 19.2 Å². The Morgan fingerprint density at radius 2 is 1.72 bits per heavy atom. The lowest BCUT2D eigenvalue weighted by atomic mass is 9.66. The van der Waals surface area contributed by atoms with Gasteiger partial charge in [0.15, 0.2) is 17.6 Å². The molecule has 5 rings (SSSR count). The highest BCUT2D eigenvalue weighted by molar-refractivity contribution is 5.94. The summed E-state index contributed by atoms with van der Waals surface area (Å²) < 4.78 is 30.3. The summed E-state index contributed by atoms with van der Waals surface area (Å²) in [6, 6.07) is 4.61. The van der Waals surface area contributed by atoms with E-state index in [-0.39, 0.29) is 28.7 Å². The van der Waals surface area contributed by atoms with E-state index >= 15 is 0 Å². The molecule has 1 saturated heterocycles. The first kappa shape index (κ1) is 27.2. The normalized spacial score (nSPS) is 30.0. The number of hydrogen-bond acceptors (Lipinski definition) is 9. The molecule has 210 valence electrons. The number of benzene rings is 1. The summed E-state index contributed by atoms with van der Waals surface area (Å²) in [6.45, 7) is 14.4. The van der Waals surface area contributed by atoms with Gasteiger partial charge in [-0.05, 0) is 58.6 Å². The third-order valence-electron chi connectivity index (χ3n) is 9.12. The van der Waals surface area contributed by atoms with Crippen molar-refractivity contribution < 1.29 is 37.7 Å². The second-order valence-electron chi connectivity index (χ2n) is 12.8. The number of esters is 3. The number of aryl methyl sites for hydroxylation is 1. The van der Waals surface area contributed by atoms with E-state index in [0.29, 0.717) is 29.9 Å². The van der Waals surface area contributed by atoms with Crippen LogP contribution in [-0.2, 0) is 28.6 Å². The van der Waals surface area contributed by atoms with Crippen LogP contribution in [0.5, 0.6) is 5.75 Å². The van der Waals surface area contributed by atoms with Crippen molar-refractivity contribution in [3.05, 3.63) is 39.7 Å². The predicted molar refractivity (Wildman–Crippen MR) is 140 cm³/mol. The van der Waals surface area contributed by atoms with Gasteiger partial charge in [0.1, 0.15) is 22.7 Å². The van der Waals surface area contributed by atoms with E-state index in [1.165, 1.54) is 6.07 Å². The largest absolute Gasteiger partial charge is 0.483 e. The van der Waals surface area contributed by atoms with Gasteiger partial charge in [0, 0.05) is 17.9 Å². The Morgan fingerprint density at radius 1 is 1.03 bits per heavy atom. The Labute approximate surface area is 227 Å². The first-order chi connectivity index (χ1) is 18.0. The number of ether oxygens (including phenoxy) is 4. The molecule has 2 fully saturated rings. The molecule has 39 heavy (non-hydrogen) atoms. The molecule has 3 aliphatic rings. The number of carbonyl (C=O) groups excluding carboxylic acids is 3. The molecule has 4 atom stereocenters. The fraction of sp³-hybridized carbons (Fsp3) is 0.600. The lowest BCUT2D eigenvalue weighted by Crippen LogP contribution is -2.55. The molecule has 1 aromatic heterocycles. The number of fused-ring (bicyclic) bond motifs is 5. The van der Waals surface area contributed by atoms with Crippen LogP contribution in [0.3, 0.4) is 0 Å². The van der Waals surface area contributed by atoms with Crippen LogP contribution in [0.2, 0.25) is 0 Å². The first-order valence-electron chi connectivity index (χ1n) is 13.4. The Hall–Kier alpha value is -3.36. The topological polar surface area (TPSA) is 118 Å². The van der Waals surface area contributed by atoms with Gasteiger partial charge in [0.05, 0.1) is 16.4 Å². The van der Waals surface area contributed by atoms with Crippen molar-refractivity contribution in [2.24, 2.45) is 16.7 Å². The molecule has 2 aliphatic heterocycles. The smallest absolute Gasteiger partial charge is 0.351 e. The molecule has 0 spiro atoms. The molecule has 1 aromatic carbocycles. The molecule has 1 saturated carbocycles. The minimum absolute atomic E-state index is 0.0358. The maximum atomic E-state index is 14.1. The van der Waals surface area contributed by atoms with Crippen LogP contribution in [0, 0.1) is 23.7 Å². The maximum absolute atomic E-state index is 14.1. The SMILES string of the molecule is Cc1cc(=O)c2ccc3c(c2o1)[C@@H](OC(=O)[C@@]12CC[C@@](C)(C(=O)O1)C2(C)C)[C@@H](OC(=O)CC(C)C)C(C)(C)O3. The van der Waals surface area contributed by atoms with Gasteiger partial charge in [-0.3, -0.25) is 14.4 Å². The average Bonchev–Trinajstić information content (AvgIpc) is 3.10. The molecule has 9 heteroatoms. The van der Waals surface area contributed by atoms with Crippen molar-refractivity contribution in [1.29, 1.82) is 0 Å². The van der Waals surface area contributed by atoms with E-state index in [2.05, 4.69) is 0 Å². The van der Waals surface area contributed by atoms with Crippen LogP contribution in [0.4, 0.5) is 0 Å². The molecule has 0 radical (unpaired) electrons. The van der Waals surface area contributed by atoms with Crippen LogP contribution in [-0.4, -0.2) is 35.2 Å². The van der Waals surface area contributed by atoms with Gasteiger partial charge in [0.25, 0.3) is 0 Å². The van der Waals surface area contributed by atoms with Crippen molar-refractivity contribution >= 4 is 28.9 Å². The molecule has 9 nitrogen and oxygen atoms in total. The summed E-state index contributed by atoms with van der Waals surface area (Å²) in [5, 5.41) is 0.273. The van der Waals surface area contributed by atoms with Gasteiger partial charge < -0.3 is 23.4 Å². The molecular weight excluding hydrogens is 504 g/mol. The van der Waals surface area contributed by atoms with E-state index in [4.69, 9.17) is 23.4 Å². The minimum Gasteiger partial charge on any atom is -0.483 e. The second-order valence-corrected chi connectivity index (χ2v) is 12.8. The second kappa shape index (κ2) is 8.57. The third-order valence-corrected chi connectivity index (χ3v) is 9.12. The molecule has 1 aliphatic carbocycles. The fourth-order valence-corrected chi connectivity index (χ4v) is 6.31. The highest BCUT2D eigenvalue weighted by Crippen LogP contribution is 2.66. The van der Waals surface area contributed by atoms with Gasteiger partial charge in [-0.2, -0.15) is 0 Å². The quantitative estimate of drug-likeness (QED) is 0.384. The van der Waals surface area contributed by atoms with Crippen molar-refractivity contribution in [2.75, 3.05) is 0 Å². The van der Waals surface area contributed by atoms with Gasteiger partial charge in [0.2, 0.25) is 5.60 Å². The molecule has 2 aromatic rings. The third kappa shape index (κ3) is 3.79. The van der Waals surface area contributed by atoms with Crippen LogP contribution < -0.4 is 10.2 Å². The first-order valence-corrected chi connectivity index (χ1v) is 13.4. The van der Waals surface area contributed by atoms with Crippen molar-refractivity contribution in [3.8, 4) is 5.75 Å². The fourth-order valence-electron chi connectivity index (χ4n) is 6.31. The zero-order valence-electron chi connectivity index (χ0n) is 23.8. The molecule has 0 amide bonds. The zero-order valence-corrected chi connectivity index (χ0v) is 23.8. The Kier molecular flexibility index (Phi) is 5.98. The van der Waals surface area contributed by atoms with E-state index in [0.717, 1.165) is 0 Å².